The highest BCUT2D eigenvalue weighted by atomic mass is 79.9. The largest absolute Gasteiger partial charge is 0.271 e. The van der Waals surface area contributed by atoms with Crippen molar-refractivity contribution in [2.45, 2.75) is 6.04 Å². The molecule has 4 nitrogen and oxygen atoms in total. The van der Waals surface area contributed by atoms with Gasteiger partial charge in [0.25, 0.3) is 0 Å². The molecule has 0 spiro atoms. The Labute approximate surface area is 106 Å². The van der Waals surface area contributed by atoms with Gasteiger partial charge in [0.1, 0.15) is 12.1 Å². The van der Waals surface area contributed by atoms with Crippen LogP contribution in [0, 0.1) is 5.82 Å². The van der Waals surface area contributed by atoms with Crippen molar-refractivity contribution in [3.8, 4) is 0 Å². The molecule has 1 atom stereocenters. The molecular formula is C11H10BrFN4. The van der Waals surface area contributed by atoms with Crippen LogP contribution in [-0.4, -0.2) is 9.97 Å². The topological polar surface area (TPSA) is 63.8 Å². The Morgan fingerprint density at radius 1 is 1.29 bits per heavy atom. The van der Waals surface area contributed by atoms with Crippen LogP contribution in [0.3, 0.4) is 0 Å². The maximum atomic E-state index is 13.9. The molecule has 0 bridgehead atoms. The maximum absolute atomic E-state index is 13.9. The Balaban J connectivity index is 2.46. The molecule has 0 saturated carbocycles. The normalized spacial score (nSPS) is 12.4. The van der Waals surface area contributed by atoms with Crippen LogP contribution in [0.4, 0.5) is 4.39 Å². The minimum atomic E-state index is -0.478. The third-order valence-electron chi connectivity index (χ3n) is 2.37. The molecule has 0 fully saturated rings. The smallest absolute Gasteiger partial charge is 0.142 e. The fraction of sp³-hybridized carbons (Fsp3) is 0.0909. The number of hydrogen-bond acceptors (Lipinski definition) is 4. The number of hydrazine groups is 1. The second-order valence-electron chi connectivity index (χ2n) is 3.41. The van der Waals surface area contributed by atoms with Crippen molar-refractivity contribution < 1.29 is 4.39 Å². The molecule has 88 valence electrons. The number of nitrogens with zero attached hydrogens (tertiary/aromatic N) is 2. The van der Waals surface area contributed by atoms with E-state index in [9.17, 15) is 4.39 Å². The zero-order valence-electron chi connectivity index (χ0n) is 8.77. The first-order valence-electron chi connectivity index (χ1n) is 4.89. The van der Waals surface area contributed by atoms with Crippen molar-refractivity contribution >= 4 is 15.9 Å². The van der Waals surface area contributed by atoms with E-state index in [2.05, 4.69) is 31.3 Å². The third kappa shape index (κ3) is 2.49. The second-order valence-corrected chi connectivity index (χ2v) is 4.27. The molecule has 0 amide bonds. The molecule has 1 aromatic heterocycles. The van der Waals surface area contributed by atoms with Crippen molar-refractivity contribution in [2.24, 2.45) is 5.84 Å². The van der Waals surface area contributed by atoms with Gasteiger partial charge in [-0.2, -0.15) is 0 Å². The van der Waals surface area contributed by atoms with E-state index in [1.54, 1.807) is 30.6 Å². The fourth-order valence-electron chi connectivity index (χ4n) is 1.57. The number of nitrogens with one attached hydrogen (secondary N) is 1. The fourth-order valence-corrected chi connectivity index (χ4v) is 1.95. The first kappa shape index (κ1) is 12.1. The lowest BCUT2D eigenvalue weighted by atomic mass is 10.0. The van der Waals surface area contributed by atoms with E-state index in [1.807, 2.05) is 0 Å². The average Bonchev–Trinajstić information content (AvgIpc) is 2.37. The highest BCUT2D eigenvalue weighted by molar-refractivity contribution is 9.10. The zero-order valence-corrected chi connectivity index (χ0v) is 10.4. The van der Waals surface area contributed by atoms with Gasteiger partial charge in [-0.3, -0.25) is 5.84 Å². The number of rotatable bonds is 3. The van der Waals surface area contributed by atoms with E-state index in [4.69, 9.17) is 5.84 Å². The summed E-state index contributed by atoms with van der Waals surface area (Å²) in [5.74, 6) is 5.12. The van der Waals surface area contributed by atoms with Gasteiger partial charge in [0.15, 0.2) is 0 Å². The maximum Gasteiger partial charge on any atom is 0.142 e. The quantitative estimate of drug-likeness (QED) is 0.671. The molecule has 0 radical (unpaired) electrons. The van der Waals surface area contributed by atoms with Crippen LogP contribution in [-0.2, 0) is 0 Å². The molecular weight excluding hydrogens is 287 g/mol. The van der Waals surface area contributed by atoms with E-state index >= 15 is 0 Å². The lowest BCUT2D eigenvalue weighted by molar-refractivity contribution is 0.554. The standard InChI is InChI=1S/C11H10BrFN4/c12-9-3-1-2-8(10(9)13)11(17-14)7-4-15-6-16-5-7/h1-6,11,17H,14H2. The Morgan fingerprint density at radius 3 is 2.65 bits per heavy atom. The second kappa shape index (κ2) is 5.31. The molecule has 1 unspecified atom stereocenters. The zero-order chi connectivity index (χ0) is 12.3. The first-order chi connectivity index (χ1) is 8.24. The van der Waals surface area contributed by atoms with Crippen LogP contribution in [0.5, 0.6) is 0 Å². The molecule has 3 N–H and O–H groups in total. The summed E-state index contributed by atoms with van der Waals surface area (Å²) >= 11 is 3.14. The van der Waals surface area contributed by atoms with Gasteiger partial charge in [-0.15, -0.1) is 0 Å². The molecule has 0 aliphatic carbocycles. The third-order valence-corrected chi connectivity index (χ3v) is 2.99. The summed E-state index contributed by atoms with van der Waals surface area (Å²) in [5, 5.41) is 0. The number of aromatic nitrogens is 2. The van der Waals surface area contributed by atoms with Crippen LogP contribution in [0.15, 0.2) is 41.4 Å². The highest BCUT2D eigenvalue weighted by Crippen LogP contribution is 2.27. The van der Waals surface area contributed by atoms with E-state index in [-0.39, 0.29) is 5.82 Å². The van der Waals surface area contributed by atoms with Crippen molar-refractivity contribution in [3.05, 3.63) is 58.3 Å². The monoisotopic (exact) mass is 296 g/mol. The molecule has 0 aliphatic rings. The average molecular weight is 297 g/mol. The van der Waals surface area contributed by atoms with Gasteiger partial charge in [0.2, 0.25) is 0 Å². The molecule has 17 heavy (non-hydrogen) atoms. The number of benzene rings is 1. The first-order valence-corrected chi connectivity index (χ1v) is 5.68. The molecule has 0 saturated heterocycles. The number of halogens is 2. The Hall–Kier alpha value is -1.37. The predicted octanol–water partition coefficient (Wildman–Crippen LogP) is 1.93. The van der Waals surface area contributed by atoms with Crippen LogP contribution in [0.2, 0.25) is 0 Å². The summed E-state index contributed by atoms with van der Waals surface area (Å²) in [7, 11) is 0. The van der Waals surface area contributed by atoms with E-state index in [0.717, 1.165) is 0 Å². The van der Waals surface area contributed by atoms with Crippen molar-refractivity contribution in [1.29, 1.82) is 0 Å². The highest BCUT2D eigenvalue weighted by Gasteiger charge is 2.18. The van der Waals surface area contributed by atoms with Gasteiger partial charge in [-0.1, -0.05) is 12.1 Å². The van der Waals surface area contributed by atoms with Gasteiger partial charge in [0.05, 0.1) is 10.5 Å². The molecule has 0 aliphatic heterocycles. The number of nitrogens with two attached hydrogens (primary N) is 1. The minimum Gasteiger partial charge on any atom is -0.271 e. The summed E-state index contributed by atoms with van der Waals surface area (Å²) < 4.78 is 14.3. The van der Waals surface area contributed by atoms with Crippen LogP contribution >= 0.6 is 15.9 Å². The van der Waals surface area contributed by atoms with Crippen molar-refractivity contribution in [2.75, 3.05) is 0 Å². The summed E-state index contributed by atoms with van der Waals surface area (Å²) in [6.45, 7) is 0. The number of hydrogen-bond donors (Lipinski definition) is 2. The van der Waals surface area contributed by atoms with Crippen LogP contribution < -0.4 is 11.3 Å². The molecule has 1 aromatic carbocycles. The van der Waals surface area contributed by atoms with E-state index < -0.39 is 6.04 Å². The van der Waals surface area contributed by atoms with Gasteiger partial charge in [0, 0.05) is 23.5 Å². The minimum absolute atomic E-state index is 0.348. The SMILES string of the molecule is NNC(c1cncnc1)c1cccc(Br)c1F. The van der Waals surface area contributed by atoms with E-state index in [1.165, 1.54) is 6.33 Å². The van der Waals surface area contributed by atoms with Gasteiger partial charge in [-0.05, 0) is 22.0 Å². The lowest BCUT2D eigenvalue weighted by Crippen LogP contribution is -2.29. The van der Waals surface area contributed by atoms with Crippen LogP contribution in [0.1, 0.15) is 17.2 Å². The Bertz CT molecular complexity index is 506. The van der Waals surface area contributed by atoms with Gasteiger partial charge < -0.3 is 0 Å². The summed E-state index contributed by atoms with van der Waals surface area (Å²) in [4.78, 5) is 7.78. The Kier molecular flexibility index (Phi) is 3.78. The summed E-state index contributed by atoms with van der Waals surface area (Å²) in [6.07, 6.45) is 4.60. The van der Waals surface area contributed by atoms with Gasteiger partial charge >= 0.3 is 0 Å². The summed E-state index contributed by atoms with van der Waals surface area (Å²) in [5.41, 5.74) is 3.70. The molecule has 2 rings (SSSR count). The van der Waals surface area contributed by atoms with Gasteiger partial charge in [-0.25, -0.2) is 19.8 Å². The molecule has 1 heterocycles. The summed E-state index contributed by atoms with van der Waals surface area (Å²) in [6, 6.07) is 4.57. The lowest BCUT2D eigenvalue weighted by Gasteiger charge is -2.17. The van der Waals surface area contributed by atoms with E-state index in [0.29, 0.717) is 15.6 Å². The van der Waals surface area contributed by atoms with Crippen molar-refractivity contribution in [3.63, 3.8) is 0 Å². The molecule has 2 aromatic rings. The Morgan fingerprint density at radius 2 is 2.00 bits per heavy atom. The van der Waals surface area contributed by atoms with Crippen LogP contribution in [0.25, 0.3) is 0 Å². The predicted molar refractivity (Wildman–Crippen MR) is 65.3 cm³/mol. The molecule has 6 heteroatoms. The van der Waals surface area contributed by atoms with Crippen molar-refractivity contribution in [1.82, 2.24) is 15.4 Å².